The number of rotatable bonds is 6. The average Bonchev–Trinajstić information content (AvgIpc) is 3.14. The van der Waals surface area contributed by atoms with E-state index < -0.39 is 0 Å². The molecule has 1 aromatic carbocycles. The monoisotopic (exact) mass is 345 g/mol. The Labute approximate surface area is 141 Å². The third kappa shape index (κ3) is 3.80. The molecule has 0 aliphatic rings. The van der Waals surface area contributed by atoms with Gasteiger partial charge in [0, 0.05) is 4.88 Å². The first kappa shape index (κ1) is 15.8. The molecule has 3 rings (SSSR count). The van der Waals surface area contributed by atoms with Crippen LogP contribution in [0, 0.1) is 6.92 Å². The number of aryl methyl sites for hydroxylation is 1. The molecule has 0 saturated carbocycles. The minimum absolute atomic E-state index is 0.0508. The SMILES string of the molecule is Cc1ccc(C(=O)CSc2n[nH]c(=O)n2Cc2ccccc2)s1. The summed E-state index contributed by atoms with van der Waals surface area (Å²) in [6.07, 6.45) is 0. The average molecular weight is 345 g/mol. The van der Waals surface area contributed by atoms with Crippen molar-refractivity contribution in [3.8, 4) is 0 Å². The topological polar surface area (TPSA) is 67.8 Å². The van der Waals surface area contributed by atoms with Crippen LogP contribution in [0.25, 0.3) is 0 Å². The molecule has 23 heavy (non-hydrogen) atoms. The number of Topliss-reactive ketones (excluding diaryl/α,β-unsaturated/α-hetero) is 1. The Bertz CT molecular complexity index is 865. The zero-order valence-corrected chi connectivity index (χ0v) is 14.1. The van der Waals surface area contributed by atoms with Gasteiger partial charge in [0.1, 0.15) is 0 Å². The van der Waals surface area contributed by atoms with E-state index in [1.165, 1.54) is 23.1 Å². The van der Waals surface area contributed by atoms with Gasteiger partial charge in [0.2, 0.25) is 0 Å². The fourth-order valence-electron chi connectivity index (χ4n) is 2.10. The zero-order chi connectivity index (χ0) is 16.2. The molecule has 1 N–H and O–H groups in total. The number of thioether (sulfide) groups is 1. The number of ketones is 1. The second kappa shape index (κ2) is 6.97. The summed E-state index contributed by atoms with van der Waals surface area (Å²) in [6.45, 7) is 2.41. The van der Waals surface area contributed by atoms with Crippen molar-refractivity contribution in [3.05, 3.63) is 68.3 Å². The van der Waals surface area contributed by atoms with Crippen LogP contribution in [0.5, 0.6) is 0 Å². The van der Waals surface area contributed by atoms with E-state index in [1.807, 2.05) is 49.4 Å². The van der Waals surface area contributed by atoms with Gasteiger partial charge in [-0.3, -0.25) is 9.36 Å². The first-order valence-electron chi connectivity index (χ1n) is 7.05. The maximum absolute atomic E-state index is 12.2. The van der Waals surface area contributed by atoms with Gasteiger partial charge in [0.15, 0.2) is 10.9 Å². The second-order valence-electron chi connectivity index (χ2n) is 5.01. The molecule has 118 valence electrons. The van der Waals surface area contributed by atoms with Gasteiger partial charge in [-0.05, 0) is 24.6 Å². The fraction of sp³-hybridized carbons (Fsp3) is 0.188. The molecule has 0 unspecified atom stereocenters. The third-order valence-corrected chi connectivity index (χ3v) is 5.27. The maximum Gasteiger partial charge on any atom is 0.344 e. The van der Waals surface area contributed by atoms with Crippen LogP contribution in [0.2, 0.25) is 0 Å². The van der Waals surface area contributed by atoms with Gasteiger partial charge in [-0.25, -0.2) is 9.89 Å². The number of H-pyrrole nitrogens is 1. The molecule has 2 aromatic heterocycles. The van der Waals surface area contributed by atoms with Crippen LogP contribution >= 0.6 is 23.1 Å². The lowest BCUT2D eigenvalue weighted by atomic mass is 10.2. The summed E-state index contributed by atoms with van der Waals surface area (Å²) in [5, 5.41) is 7.00. The molecule has 0 radical (unpaired) electrons. The summed E-state index contributed by atoms with van der Waals surface area (Å²) in [5.74, 6) is 0.314. The Morgan fingerprint density at radius 3 is 2.74 bits per heavy atom. The molecule has 3 aromatic rings. The number of thiophene rings is 1. The maximum atomic E-state index is 12.2. The highest BCUT2D eigenvalue weighted by Crippen LogP contribution is 2.20. The molecule has 0 spiro atoms. The molecule has 5 nitrogen and oxygen atoms in total. The van der Waals surface area contributed by atoms with Gasteiger partial charge >= 0.3 is 5.69 Å². The second-order valence-corrected chi connectivity index (χ2v) is 7.24. The normalized spacial score (nSPS) is 10.8. The predicted octanol–water partition coefficient (Wildman–Crippen LogP) is 2.96. The molecular weight excluding hydrogens is 330 g/mol. The minimum atomic E-state index is -0.268. The Balaban J connectivity index is 1.71. The van der Waals surface area contributed by atoms with Crippen molar-refractivity contribution in [2.45, 2.75) is 18.6 Å². The molecule has 0 aliphatic carbocycles. The van der Waals surface area contributed by atoms with Gasteiger partial charge in [0.25, 0.3) is 0 Å². The molecule has 7 heteroatoms. The van der Waals surface area contributed by atoms with Gasteiger partial charge in [-0.2, -0.15) is 0 Å². The summed E-state index contributed by atoms with van der Waals surface area (Å²) in [4.78, 5) is 25.9. The van der Waals surface area contributed by atoms with Crippen molar-refractivity contribution in [2.24, 2.45) is 0 Å². The Morgan fingerprint density at radius 2 is 2.04 bits per heavy atom. The smallest absolute Gasteiger partial charge is 0.292 e. The number of hydrogen-bond donors (Lipinski definition) is 1. The van der Waals surface area contributed by atoms with Crippen LogP contribution in [0.1, 0.15) is 20.1 Å². The number of nitrogens with one attached hydrogen (secondary N) is 1. The van der Waals surface area contributed by atoms with Crippen LogP contribution < -0.4 is 5.69 Å². The van der Waals surface area contributed by atoms with Crippen molar-refractivity contribution in [1.29, 1.82) is 0 Å². The third-order valence-electron chi connectivity index (χ3n) is 3.25. The standard InChI is InChI=1S/C16H15N3O2S2/c1-11-7-8-14(23-11)13(20)10-22-16-18-17-15(21)19(16)9-12-5-3-2-4-6-12/h2-8H,9-10H2,1H3,(H,17,21). The molecule has 0 atom stereocenters. The van der Waals surface area contributed by atoms with Crippen molar-refractivity contribution >= 4 is 28.9 Å². The Kier molecular flexibility index (Phi) is 4.78. The van der Waals surface area contributed by atoms with Gasteiger partial charge in [-0.15, -0.1) is 16.4 Å². The van der Waals surface area contributed by atoms with Crippen LogP contribution in [0.15, 0.2) is 52.4 Å². The van der Waals surface area contributed by atoms with Crippen LogP contribution in [-0.4, -0.2) is 26.3 Å². The summed E-state index contributed by atoms with van der Waals surface area (Å²) < 4.78 is 1.55. The molecule has 0 saturated heterocycles. The van der Waals surface area contributed by atoms with E-state index >= 15 is 0 Å². The molecule has 2 heterocycles. The van der Waals surface area contributed by atoms with Crippen molar-refractivity contribution < 1.29 is 4.79 Å². The van der Waals surface area contributed by atoms with E-state index in [1.54, 1.807) is 4.57 Å². The van der Waals surface area contributed by atoms with Crippen molar-refractivity contribution in [1.82, 2.24) is 14.8 Å². The van der Waals surface area contributed by atoms with Gasteiger partial charge < -0.3 is 0 Å². The summed E-state index contributed by atoms with van der Waals surface area (Å²) >= 11 is 2.76. The lowest BCUT2D eigenvalue weighted by Gasteiger charge is -2.05. The van der Waals surface area contributed by atoms with E-state index in [4.69, 9.17) is 0 Å². The number of aromatic amines is 1. The Hall–Kier alpha value is -2.12. The van der Waals surface area contributed by atoms with E-state index in [2.05, 4.69) is 10.2 Å². The first-order chi connectivity index (χ1) is 11.1. The zero-order valence-electron chi connectivity index (χ0n) is 12.5. The fourth-order valence-corrected chi connectivity index (χ4v) is 3.83. The van der Waals surface area contributed by atoms with Gasteiger partial charge in [0.05, 0.1) is 17.2 Å². The van der Waals surface area contributed by atoms with E-state index in [0.717, 1.165) is 15.3 Å². The van der Waals surface area contributed by atoms with E-state index in [9.17, 15) is 9.59 Å². The number of carbonyl (C=O) groups is 1. The lowest BCUT2D eigenvalue weighted by molar-refractivity contribution is 0.102. The molecule has 0 bridgehead atoms. The quantitative estimate of drug-likeness (QED) is 0.551. The predicted molar refractivity (Wildman–Crippen MR) is 92.5 cm³/mol. The summed E-state index contributed by atoms with van der Waals surface area (Å²) in [5.41, 5.74) is 0.744. The molecule has 0 aliphatic heterocycles. The molecular formula is C16H15N3O2S2. The largest absolute Gasteiger partial charge is 0.344 e. The van der Waals surface area contributed by atoms with Crippen LogP contribution in [-0.2, 0) is 6.54 Å². The van der Waals surface area contributed by atoms with Crippen LogP contribution in [0.3, 0.4) is 0 Å². The highest BCUT2D eigenvalue weighted by Gasteiger charge is 2.14. The molecule has 0 amide bonds. The van der Waals surface area contributed by atoms with Crippen molar-refractivity contribution in [2.75, 3.05) is 5.75 Å². The molecule has 0 fully saturated rings. The lowest BCUT2D eigenvalue weighted by Crippen LogP contribution is -2.18. The number of nitrogens with zero attached hydrogens (tertiary/aromatic N) is 2. The van der Waals surface area contributed by atoms with Gasteiger partial charge in [-0.1, -0.05) is 42.1 Å². The van der Waals surface area contributed by atoms with Crippen molar-refractivity contribution in [3.63, 3.8) is 0 Å². The van der Waals surface area contributed by atoms with E-state index in [-0.39, 0.29) is 17.2 Å². The number of hydrogen-bond acceptors (Lipinski definition) is 5. The highest BCUT2D eigenvalue weighted by molar-refractivity contribution is 7.99. The minimum Gasteiger partial charge on any atom is -0.292 e. The highest BCUT2D eigenvalue weighted by atomic mass is 32.2. The first-order valence-corrected chi connectivity index (χ1v) is 8.85. The number of aromatic nitrogens is 3. The summed E-state index contributed by atoms with van der Waals surface area (Å²) in [6, 6.07) is 13.5. The summed E-state index contributed by atoms with van der Waals surface area (Å²) in [7, 11) is 0. The Morgan fingerprint density at radius 1 is 1.26 bits per heavy atom. The number of benzene rings is 1. The van der Waals surface area contributed by atoms with E-state index in [0.29, 0.717) is 11.7 Å². The number of carbonyl (C=O) groups excluding carboxylic acids is 1. The van der Waals surface area contributed by atoms with Crippen LogP contribution in [0.4, 0.5) is 0 Å².